The number of fused-ring (bicyclic) bond motifs is 2. The maximum Gasteiger partial charge on any atom is 0.307 e. The molecule has 2 unspecified atom stereocenters. The van der Waals surface area contributed by atoms with Crippen molar-refractivity contribution in [2.24, 2.45) is 0 Å². The monoisotopic (exact) mass is 422 g/mol. The number of aromatic nitrogens is 1. The maximum atomic E-state index is 12.6. The van der Waals surface area contributed by atoms with Gasteiger partial charge in [0.25, 0.3) is 5.91 Å². The minimum Gasteiger partial charge on any atom is -0.494 e. The summed E-state index contributed by atoms with van der Waals surface area (Å²) in [6, 6.07) is 13.7. The van der Waals surface area contributed by atoms with Gasteiger partial charge >= 0.3 is 4.87 Å². The Balaban J connectivity index is 1.43. The van der Waals surface area contributed by atoms with E-state index in [-0.39, 0.29) is 28.7 Å². The van der Waals surface area contributed by atoms with E-state index in [1.807, 2.05) is 48.2 Å². The molecule has 0 saturated heterocycles. The third-order valence-electron chi connectivity index (χ3n) is 6.04. The number of aryl methyl sites for hydroxylation is 1. The Kier molecular flexibility index (Phi) is 4.62. The van der Waals surface area contributed by atoms with Gasteiger partial charge < -0.3 is 14.7 Å². The minimum absolute atomic E-state index is 0.0219. The first-order chi connectivity index (χ1) is 14.5. The summed E-state index contributed by atoms with van der Waals surface area (Å²) >= 11 is 1.07. The molecule has 2 atom stereocenters. The third-order valence-corrected chi connectivity index (χ3v) is 7.02. The lowest BCUT2D eigenvalue weighted by Crippen LogP contribution is -2.41. The molecule has 1 amide bonds. The van der Waals surface area contributed by atoms with Crippen LogP contribution in [-0.4, -0.2) is 34.0 Å². The topological polar surface area (TPSA) is 82.6 Å². The van der Waals surface area contributed by atoms with Crippen molar-refractivity contribution in [3.05, 3.63) is 79.3 Å². The Labute approximate surface area is 177 Å². The summed E-state index contributed by atoms with van der Waals surface area (Å²) in [6.45, 7) is 3.14. The Bertz CT molecular complexity index is 1180. The van der Waals surface area contributed by atoms with Crippen LogP contribution in [0.15, 0.2) is 47.3 Å². The largest absolute Gasteiger partial charge is 0.494 e. The number of ether oxygens (including phenoxy) is 1. The standard InChI is InChI=1S/C23H22N2O4S/c1-2-25-12-19(16-5-3-4-6-18(16)22(25)27)29-14-8-10-15-13(11-14)7-9-17(15)20-21(26)24-23(28)30-20/h3-6,8,10-11,17,19,26H,2,7,9,12H2,1H3,(H,24,28). The molecule has 3 aromatic rings. The van der Waals surface area contributed by atoms with Gasteiger partial charge in [0, 0.05) is 23.6 Å². The molecule has 2 aliphatic rings. The third kappa shape index (κ3) is 3.10. The van der Waals surface area contributed by atoms with Gasteiger partial charge in [-0.15, -0.1) is 0 Å². The number of benzene rings is 2. The molecule has 154 valence electrons. The quantitative estimate of drug-likeness (QED) is 0.670. The molecule has 2 heterocycles. The average Bonchev–Trinajstić information content (AvgIpc) is 3.31. The number of nitrogens with zero attached hydrogens (tertiary/aromatic N) is 1. The first-order valence-corrected chi connectivity index (χ1v) is 11.0. The number of aromatic hydroxyl groups is 1. The molecular formula is C23H22N2O4S. The minimum atomic E-state index is -0.234. The molecular weight excluding hydrogens is 400 g/mol. The fourth-order valence-corrected chi connectivity index (χ4v) is 5.45. The van der Waals surface area contributed by atoms with Gasteiger partial charge in [0.2, 0.25) is 5.88 Å². The van der Waals surface area contributed by atoms with Crippen LogP contribution in [0.4, 0.5) is 0 Å². The van der Waals surface area contributed by atoms with E-state index in [1.165, 1.54) is 5.56 Å². The average molecular weight is 423 g/mol. The van der Waals surface area contributed by atoms with Crippen LogP contribution < -0.4 is 9.61 Å². The van der Waals surface area contributed by atoms with Gasteiger partial charge in [-0.2, -0.15) is 0 Å². The molecule has 1 aliphatic heterocycles. The van der Waals surface area contributed by atoms with E-state index in [9.17, 15) is 14.7 Å². The van der Waals surface area contributed by atoms with Crippen LogP contribution in [0.1, 0.15) is 57.3 Å². The molecule has 0 fully saturated rings. The Morgan fingerprint density at radius 3 is 2.80 bits per heavy atom. The molecule has 2 N–H and O–H groups in total. The number of amides is 1. The van der Waals surface area contributed by atoms with E-state index in [2.05, 4.69) is 11.1 Å². The predicted molar refractivity (Wildman–Crippen MR) is 115 cm³/mol. The molecule has 30 heavy (non-hydrogen) atoms. The van der Waals surface area contributed by atoms with Crippen molar-refractivity contribution in [3.8, 4) is 11.6 Å². The molecule has 1 aromatic heterocycles. The molecule has 0 spiro atoms. The Morgan fingerprint density at radius 2 is 2.03 bits per heavy atom. The lowest BCUT2D eigenvalue weighted by molar-refractivity contribution is 0.0611. The normalized spacial score (nSPS) is 20.2. The molecule has 1 aliphatic carbocycles. The zero-order valence-electron chi connectivity index (χ0n) is 16.6. The second kappa shape index (κ2) is 7.32. The van der Waals surface area contributed by atoms with Gasteiger partial charge in [-0.1, -0.05) is 35.6 Å². The summed E-state index contributed by atoms with van der Waals surface area (Å²) in [6.07, 6.45) is 1.50. The lowest BCUT2D eigenvalue weighted by atomic mass is 9.96. The van der Waals surface area contributed by atoms with Crippen molar-refractivity contribution in [2.75, 3.05) is 13.1 Å². The van der Waals surface area contributed by atoms with E-state index in [4.69, 9.17) is 4.74 Å². The highest BCUT2D eigenvalue weighted by atomic mass is 32.1. The molecule has 5 rings (SSSR count). The van der Waals surface area contributed by atoms with E-state index in [1.54, 1.807) is 0 Å². The lowest BCUT2D eigenvalue weighted by Gasteiger charge is -2.33. The highest BCUT2D eigenvalue weighted by molar-refractivity contribution is 7.09. The molecule has 0 radical (unpaired) electrons. The molecule has 2 aromatic carbocycles. The van der Waals surface area contributed by atoms with Crippen molar-refractivity contribution in [2.45, 2.75) is 31.8 Å². The van der Waals surface area contributed by atoms with Gasteiger partial charge in [-0.3, -0.25) is 14.6 Å². The fourth-order valence-electron chi connectivity index (χ4n) is 4.57. The number of nitrogens with one attached hydrogen (secondary N) is 1. The zero-order valence-corrected chi connectivity index (χ0v) is 17.4. The zero-order chi connectivity index (χ0) is 20.8. The SMILES string of the molecule is CCN1CC(Oc2ccc3c(c2)CCC3c2sc(=O)[nH]c2O)c2ccccc2C1=O. The van der Waals surface area contributed by atoms with Crippen LogP contribution >= 0.6 is 11.3 Å². The van der Waals surface area contributed by atoms with Crippen molar-refractivity contribution >= 4 is 17.2 Å². The van der Waals surface area contributed by atoms with Crippen LogP contribution in [0.2, 0.25) is 0 Å². The number of H-pyrrole nitrogens is 1. The summed E-state index contributed by atoms with van der Waals surface area (Å²) in [4.78, 5) is 29.0. The van der Waals surface area contributed by atoms with Crippen molar-refractivity contribution in [1.29, 1.82) is 0 Å². The number of hydrogen-bond donors (Lipinski definition) is 2. The Hall–Kier alpha value is -3.06. The predicted octanol–water partition coefficient (Wildman–Crippen LogP) is 3.82. The van der Waals surface area contributed by atoms with Crippen LogP contribution in [-0.2, 0) is 6.42 Å². The van der Waals surface area contributed by atoms with Crippen molar-refractivity contribution < 1.29 is 14.6 Å². The number of aromatic amines is 1. The van der Waals surface area contributed by atoms with E-state index >= 15 is 0 Å². The van der Waals surface area contributed by atoms with Gasteiger partial charge in [-0.05, 0) is 49.1 Å². The number of thiazole rings is 1. The second-order valence-corrected chi connectivity index (χ2v) is 8.73. The molecule has 0 bridgehead atoms. The van der Waals surface area contributed by atoms with E-state index < -0.39 is 0 Å². The van der Waals surface area contributed by atoms with Gasteiger partial charge in [0.1, 0.15) is 11.9 Å². The van der Waals surface area contributed by atoms with Crippen LogP contribution in [0.25, 0.3) is 0 Å². The van der Waals surface area contributed by atoms with Gasteiger partial charge in [-0.25, -0.2) is 0 Å². The van der Waals surface area contributed by atoms with Crippen LogP contribution in [0.3, 0.4) is 0 Å². The summed E-state index contributed by atoms with van der Waals surface area (Å²) in [5.41, 5.74) is 3.93. The van der Waals surface area contributed by atoms with Crippen LogP contribution in [0, 0.1) is 0 Å². The first kappa shape index (κ1) is 18.9. The number of rotatable bonds is 4. The Morgan fingerprint density at radius 1 is 1.20 bits per heavy atom. The second-order valence-electron chi connectivity index (χ2n) is 7.72. The summed E-state index contributed by atoms with van der Waals surface area (Å²) in [7, 11) is 0. The van der Waals surface area contributed by atoms with Crippen molar-refractivity contribution in [1.82, 2.24) is 9.88 Å². The summed E-state index contributed by atoms with van der Waals surface area (Å²) in [5.74, 6) is 0.828. The summed E-state index contributed by atoms with van der Waals surface area (Å²) < 4.78 is 6.36. The van der Waals surface area contributed by atoms with Gasteiger partial charge in [0.15, 0.2) is 0 Å². The highest BCUT2D eigenvalue weighted by Gasteiger charge is 2.32. The van der Waals surface area contributed by atoms with E-state index in [0.717, 1.165) is 41.1 Å². The smallest absolute Gasteiger partial charge is 0.307 e. The summed E-state index contributed by atoms with van der Waals surface area (Å²) in [5, 5.41) is 10.0. The fraction of sp³-hybridized carbons (Fsp3) is 0.304. The first-order valence-electron chi connectivity index (χ1n) is 10.1. The van der Waals surface area contributed by atoms with Crippen molar-refractivity contribution in [3.63, 3.8) is 0 Å². The van der Waals surface area contributed by atoms with E-state index in [0.29, 0.717) is 23.5 Å². The molecule has 7 heteroatoms. The maximum absolute atomic E-state index is 12.6. The number of carbonyl (C=O) groups is 1. The molecule has 6 nitrogen and oxygen atoms in total. The highest BCUT2D eigenvalue weighted by Crippen LogP contribution is 2.43. The van der Waals surface area contributed by atoms with Crippen LogP contribution in [0.5, 0.6) is 11.6 Å². The molecule has 0 saturated carbocycles. The van der Waals surface area contributed by atoms with Gasteiger partial charge in [0.05, 0.1) is 11.4 Å². The number of likely N-dealkylation sites (N-methyl/N-ethyl adjacent to an activating group) is 1. The number of carbonyl (C=O) groups excluding carboxylic acids is 1. The number of hydrogen-bond acceptors (Lipinski definition) is 5.